The molecule has 1 unspecified atom stereocenters. The summed E-state index contributed by atoms with van der Waals surface area (Å²) in [6.45, 7) is 8.15. The molecule has 0 spiro atoms. The molecule has 2 rings (SSSR count). The van der Waals surface area contributed by atoms with Crippen LogP contribution >= 0.6 is 11.6 Å². The Bertz CT molecular complexity index is 632. The second-order valence-electron chi connectivity index (χ2n) is 5.63. The van der Waals surface area contributed by atoms with Crippen molar-refractivity contribution in [1.82, 2.24) is 9.78 Å². The lowest BCUT2D eigenvalue weighted by molar-refractivity contribution is 0.218. The largest absolute Gasteiger partial charge is 0.383 e. The highest BCUT2D eigenvalue weighted by molar-refractivity contribution is 6.30. The van der Waals surface area contributed by atoms with E-state index < -0.39 is 6.10 Å². The van der Waals surface area contributed by atoms with Crippen molar-refractivity contribution in [3.63, 3.8) is 0 Å². The normalized spacial score (nSPS) is 13.0. The molecule has 0 radical (unpaired) electrons. The van der Waals surface area contributed by atoms with Crippen LogP contribution in [0.4, 0.5) is 0 Å². The first-order valence-corrected chi connectivity index (χ1v) is 7.18. The second kappa shape index (κ2) is 5.58. The van der Waals surface area contributed by atoms with Gasteiger partial charge in [-0.25, -0.2) is 0 Å². The van der Waals surface area contributed by atoms with E-state index in [0.717, 1.165) is 22.4 Å². The van der Waals surface area contributed by atoms with Crippen molar-refractivity contribution in [3.05, 3.63) is 51.3 Å². The van der Waals surface area contributed by atoms with Gasteiger partial charge < -0.3 is 5.11 Å². The van der Waals surface area contributed by atoms with Crippen LogP contribution in [-0.2, 0) is 7.05 Å². The van der Waals surface area contributed by atoms with Gasteiger partial charge in [-0.1, -0.05) is 49.2 Å². The predicted molar refractivity (Wildman–Crippen MR) is 82.3 cm³/mol. The number of nitrogens with zero attached hydrogens (tertiary/aromatic N) is 2. The molecule has 0 aliphatic rings. The van der Waals surface area contributed by atoms with Gasteiger partial charge in [0.15, 0.2) is 0 Å². The van der Waals surface area contributed by atoms with Gasteiger partial charge in [-0.2, -0.15) is 5.10 Å². The third-order valence-corrected chi connectivity index (χ3v) is 4.03. The Kier molecular flexibility index (Phi) is 4.21. The summed E-state index contributed by atoms with van der Waals surface area (Å²) < 4.78 is 1.62. The van der Waals surface area contributed by atoms with Gasteiger partial charge >= 0.3 is 0 Å². The lowest BCUT2D eigenvalue weighted by Gasteiger charge is -2.16. The van der Waals surface area contributed by atoms with E-state index in [1.54, 1.807) is 11.7 Å². The molecule has 1 heterocycles. The summed E-state index contributed by atoms with van der Waals surface area (Å²) in [7, 11) is 1.80. The topological polar surface area (TPSA) is 38.1 Å². The fourth-order valence-corrected chi connectivity index (χ4v) is 2.74. The Morgan fingerprint density at radius 1 is 1.25 bits per heavy atom. The van der Waals surface area contributed by atoms with Crippen LogP contribution in [0.25, 0.3) is 0 Å². The van der Waals surface area contributed by atoms with E-state index in [9.17, 15) is 5.11 Å². The predicted octanol–water partition coefficient (Wildman–Crippen LogP) is 3.90. The van der Waals surface area contributed by atoms with Crippen molar-refractivity contribution in [2.24, 2.45) is 7.05 Å². The highest BCUT2D eigenvalue weighted by Crippen LogP contribution is 2.35. The molecule has 0 bridgehead atoms. The Morgan fingerprint density at radius 3 is 2.45 bits per heavy atom. The van der Waals surface area contributed by atoms with Crippen molar-refractivity contribution in [2.75, 3.05) is 0 Å². The number of rotatable bonds is 3. The number of aliphatic hydroxyl groups excluding tert-OH is 1. The summed E-state index contributed by atoms with van der Waals surface area (Å²) in [6.07, 6.45) is -0.741. The lowest BCUT2D eigenvalue weighted by atomic mass is 9.94. The maximum absolute atomic E-state index is 10.7. The molecule has 0 aliphatic carbocycles. The van der Waals surface area contributed by atoms with Crippen LogP contribution in [0.3, 0.4) is 0 Å². The van der Waals surface area contributed by atoms with Gasteiger partial charge in [-0.3, -0.25) is 4.68 Å². The SMILES string of the molecule is Cc1ccc(C(O)c2c(C(C)C)nn(C)c2Cl)c(C)c1. The summed E-state index contributed by atoms with van der Waals surface area (Å²) >= 11 is 6.33. The van der Waals surface area contributed by atoms with Gasteiger partial charge in [-0.15, -0.1) is 0 Å². The van der Waals surface area contributed by atoms with E-state index >= 15 is 0 Å². The molecule has 1 atom stereocenters. The third kappa shape index (κ3) is 2.60. The number of hydrogen-bond acceptors (Lipinski definition) is 2. The number of hydrogen-bond donors (Lipinski definition) is 1. The minimum atomic E-state index is -0.741. The summed E-state index contributed by atoms with van der Waals surface area (Å²) in [5, 5.41) is 15.7. The molecule has 1 N–H and O–H groups in total. The highest BCUT2D eigenvalue weighted by atomic mass is 35.5. The first-order chi connectivity index (χ1) is 9.32. The summed E-state index contributed by atoms with van der Waals surface area (Å²) in [4.78, 5) is 0. The molecule has 20 heavy (non-hydrogen) atoms. The number of aryl methyl sites for hydroxylation is 3. The van der Waals surface area contributed by atoms with Crippen LogP contribution in [0, 0.1) is 13.8 Å². The molecule has 108 valence electrons. The molecule has 0 saturated carbocycles. The number of aromatic nitrogens is 2. The molecule has 0 aliphatic heterocycles. The first-order valence-electron chi connectivity index (χ1n) is 6.80. The van der Waals surface area contributed by atoms with Crippen LogP contribution in [-0.4, -0.2) is 14.9 Å². The molecule has 2 aromatic rings. The average molecular weight is 293 g/mol. The van der Waals surface area contributed by atoms with E-state index in [2.05, 4.69) is 25.0 Å². The number of halogens is 1. The highest BCUT2D eigenvalue weighted by Gasteiger charge is 2.25. The molecule has 3 nitrogen and oxygen atoms in total. The van der Waals surface area contributed by atoms with E-state index in [1.807, 2.05) is 26.0 Å². The summed E-state index contributed by atoms with van der Waals surface area (Å²) in [5.41, 5.74) is 4.69. The Hall–Kier alpha value is -1.32. The monoisotopic (exact) mass is 292 g/mol. The van der Waals surface area contributed by atoms with Gasteiger partial charge in [0, 0.05) is 12.6 Å². The van der Waals surface area contributed by atoms with Gasteiger partial charge in [0.2, 0.25) is 0 Å². The van der Waals surface area contributed by atoms with E-state index in [4.69, 9.17) is 11.6 Å². The number of benzene rings is 1. The zero-order valence-corrected chi connectivity index (χ0v) is 13.4. The van der Waals surface area contributed by atoms with E-state index in [0.29, 0.717) is 5.15 Å². The minimum absolute atomic E-state index is 0.212. The Labute approximate surface area is 125 Å². The van der Waals surface area contributed by atoms with Crippen LogP contribution in [0.15, 0.2) is 18.2 Å². The van der Waals surface area contributed by atoms with Gasteiger partial charge in [0.25, 0.3) is 0 Å². The zero-order valence-electron chi connectivity index (χ0n) is 12.6. The molecule has 1 aromatic heterocycles. The maximum Gasteiger partial charge on any atom is 0.133 e. The fraction of sp³-hybridized carbons (Fsp3) is 0.438. The Balaban J connectivity index is 2.55. The minimum Gasteiger partial charge on any atom is -0.383 e. The molecule has 4 heteroatoms. The van der Waals surface area contributed by atoms with Crippen molar-refractivity contribution in [1.29, 1.82) is 0 Å². The van der Waals surface area contributed by atoms with Crippen LogP contribution in [0.5, 0.6) is 0 Å². The molecule has 1 aromatic carbocycles. The first kappa shape index (κ1) is 15.1. The third-order valence-electron chi connectivity index (χ3n) is 3.58. The van der Waals surface area contributed by atoms with Gasteiger partial charge in [0.05, 0.1) is 5.69 Å². The molecule has 0 saturated heterocycles. The molecule has 0 amide bonds. The molecule has 0 fully saturated rings. The fourth-order valence-electron chi connectivity index (χ4n) is 2.51. The van der Waals surface area contributed by atoms with Gasteiger partial charge in [-0.05, 0) is 30.9 Å². The van der Waals surface area contributed by atoms with Crippen LogP contribution in [0.2, 0.25) is 5.15 Å². The zero-order chi connectivity index (χ0) is 15.0. The molecular weight excluding hydrogens is 272 g/mol. The second-order valence-corrected chi connectivity index (χ2v) is 5.99. The van der Waals surface area contributed by atoms with Crippen LogP contribution in [0.1, 0.15) is 53.8 Å². The summed E-state index contributed by atoms with van der Waals surface area (Å²) in [6, 6.07) is 6.03. The van der Waals surface area contributed by atoms with Crippen molar-refractivity contribution < 1.29 is 5.11 Å². The quantitative estimate of drug-likeness (QED) is 0.932. The van der Waals surface area contributed by atoms with Crippen molar-refractivity contribution in [2.45, 2.75) is 39.7 Å². The summed E-state index contributed by atoms with van der Waals surface area (Å²) in [5.74, 6) is 0.212. The average Bonchev–Trinajstić information content (AvgIpc) is 2.65. The van der Waals surface area contributed by atoms with Crippen molar-refractivity contribution >= 4 is 11.6 Å². The van der Waals surface area contributed by atoms with Gasteiger partial charge in [0.1, 0.15) is 11.3 Å². The van der Waals surface area contributed by atoms with E-state index in [-0.39, 0.29) is 5.92 Å². The standard InChI is InChI=1S/C16H21ClN2O/c1-9(2)14-13(16(17)19(5)18-14)15(20)12-7-6-10(3)8-11(12)4/h6-9,15,20H,1-5H3. The lowest BCUT2D eigenvalue weighted by Crippen LogP contribution is -2.06. The smallest absolute Gasteiger partial charge is 0.133 e. The van der Waals surface area contributed by atoms with Crippen LogP contribution < -0.4 is 0 Å². The van der Waals surface area contributed by atoms with Crippen molar-refractivity contribution in [3.8, 4) is 0 Å². The Morgan fingerprint density at radius 2 is 1.90 bits per heavy atom. The number of aliphatic hydroxyl groups is 1. The maximum atomic E-state index is 10.7. The van der Waals surface area contributed by atoms with E-state index in [1.165, 1.54) is 5.56 Å². The molecular formula is C16H21ClN2O.